The fraction of sp³-hybridized carbons (Fsp3) is 0.188. The highest BCUT2D eigenvalue weighted by Gasteiger charge is 2.13. The van der Waals surface area contributed by atoms with E-state index in [1.165, 1.54) is 0 Å². The van der Waals surface area contributed by atoms with Crippen LogP contribution in [0.1, 0.15) is 28.4 Å². The van der Waals surface area contributed by atoms with E-state index in [-0.39, 0.29) is 5.91 Å². The Bertz CT molecular complexity index is 653. The zero-order chi connectivity index (χ0) is 14.7. The molecule has 0 spiro atoms. The van der Waals surface area contributed by atoms with E-state index >= 15 is 0 Å². The molecular formula is C16H17BrN2O. The Morgan fingerprint density at radius 2 is 2.05 bits per heavy atom. The minimum atomic E-state index is -0.159. The van der Waals surface area contributed by atoms with Crippen molar-refractivity contribution in [3.63, 3.8) is 0 Å². The van der Waals surface area contributed by atoms with Gasteiger partial charge in [-0.3, -0.25) is 4.79 Å². The Morgan fingerprint density at radius 1 is 1.30 bits per heavy atom. The van der Waals surface area contributed by atoms with Crippen molar-refractivity contribution >= 4 is 33.2 Å². The van der Waals surface area contributed by atoms with E-state index in [4.69, 9.17) is 5.73 Å². The molecule has 0 aromatic heterocycles. The zero-order valence-corrected chi connectivity index (χ0v) is 13.1. The number of para-hydroxylation sites is 1. The number of carbonyl (C=O) groups is 1. The second-order valence-electron chi connectivity index (χ2n) is 4.66. The van der Waals surface area contributed by atoms with Crippen molar-refractivity contribution in [1.82, 2.24) is 0 Å². The van der Waals surface area contributed by atoms with Gasteiger partial charge in [0.15, 0.2) is 0 Å². The number of amides is 1. The Kier molecular flexibility index (Phi) is 4.45. The third-order valence-corrected chi connectivity index (χ3v) is 3.91. The standard InChI is InChI=1S/C16H17BrN2O/c1-3-11-6-4-5-10(2)15(11)19-16(20)13-9-12(18)7-8-14(13)17/h4-9H,3,18H2,1-2H3,(H,19,20). The van der Waals surface area contributed by atoms with Gasteiger partial charge in [0.2, 0.25) is 0 Å². The summed E-state index contributed by atoms with van der Waals surface area (Å²) in [5, 5.41) is 2.99. The second kappa shape index (κ2) is 6.09. The number of nitrogens with two attached hydrogens (primary N) is 1. The van der Waals surface area contributed by atoms with Gasteiger partial charge in [-0.15, -0.1) is 0 Å². The van der Waals surface area contributed by atoms with E-state index in [1.807, 2.05) is 25.1 Å². The molecule has 0 radical (unpaired) electrons. The van der Waals surface area contributed by atoms with Crippen LogP contribution in [0.4, 0.5) is 11.4 Å². The molecule has 0 aliphatic carbocycles. The van der Waals surface area contributed by atoms with Crippen LogP contribution in [0.2, 0.25) is 0 Å². The zero-order valence-electron chi connectivity index (χ0n) is 11.5. The number of halogens is 1. The van der Waals surface area contributed by atoms with Crippen LogP contribution in [0, 0.1) is 6.92 Å². The molecule has 0 atom stereocenters. The largest absolute Gasteiger partial charge is 0.399 e. The molecule has 2 aromatic carbocycles. The molecule has 20 heavy (non-hydrogen) atoms. The van der Waals surface area contributed by atoms with Gasteiger partial charge in [-0.2, -0.15) is 0 Å². The summed E-state index contributed by atoms with van der Waals surface area (Å²) >= 11 is 3.38. The molecule has 3 nitrogen and oxygen atoms in total. The summed E-state index contributed by atoms with van der Waals surface area (Å²) in [6.07, 6.45) is 0.870. The van der Waals surface area contributed by atoms with Gasteiger partial charge in [-0.25, -0.2) is 0 Å². The Hall–Kier alpha value is -1.81. The van der Waals surface area contributed by atoms with Gasteiger partial charge < -0.3 is 11.1 Å². The molecule has 3 N–H and O–H groups in total. The number of benzene rings is 2. The topological polar surface area (TPSA) is 55.1 Å². The van der Waals surface area contributed by atoms with E-state index in [1.54, 1.807) is 18.2 Å². The first kappa shape index (κ1) is 14.6. The lowest BCUT2D eigenvalue weighted by Crippen LogP contribution is -2.15. The van der Waals surface area contributed by atoms with Crippen molar-refractivity contribution in [3.8, 4) is 0 Å². The Labute approximate surface area is 127 Å². The minimum Gasteiger partial charge on any atom is -0.399 e. The summed E-state index contributed by atoms with van der Waals surface area (Å²) in [6, 6.07) is 11.2. The third-order valence-electron chi connectivity index (χ3n) is 3.21. The monoisotopic (exact) mass is 332 g/mol. The average molecular weight is 333 g/mol. The molecule has 2 rings (SSSR count). The van der Waals surface area contributed by atoms with Crippen LogP contribution < -0.4 is 11.1 Å². The summed E-state index contributed by atoms with van der Waals surface area (Å²) < 4.78 is 0.732. The number of rotatable bonds is 3. The van der Waals surface area contributed by atoms with Crippen molar-refractivity contribution in [2.75, 3.05) is 11.1 Å². The SMILES string of the molecule is CCc1cccc(C)c1NC(=O)c1cc(N)ccc1Br. The number of nitrogen functional groups attached to an aromatic ring is 1. The summed E-state index contributed by atoms with van der Waals surface area (Å²) in [4.78, 5) is 12.4. The molecule has 1 amide bonds. The van der Waals surface area contributed by atoms with Crippen molar-refractivity contribution in [1.29, 1.82) is 0 Å². The van der Waals surface area contributed by atoms with Crippen LogP contribution in [-0.2, 0) is 6.42 Å². The van der Waals surface area contributed by atoms with Gasteiger partial charge in [0.25, 0.3) is 5.91 Å². The van der Waals surface area contributed by atoms with Gasteiger partial charge in [0, 0.05) is 15.8 Å². The van der Waals surface area contributed by atoms with Crippen LogP contribution in [0.3, 0.4) is 0 Å². The molecule has 0 saturated heterocycles. The predicted octanol–water partition coefficient (Wildman–Crippen LogP) is 4.15. The van der Waals surface area contributed by atoms with Crippen LogP contribution in [0.25, 0.3) is 0 Å². The van der Waals surface area contributed by atoms with E-state index in [0.29, 0.717) is 11.3 Å². The third kappa shape index (κ3) is 3.02. The lowest BCUT2D eigenvalue weighted by molar-refractivity contribution is 0.102. The number of hydrogen-bond acceptors (Lipinski definition) is 2. The molecule has 0 fully saturated rings. The first-order valence-corrected chi connectivity index (χ1v) is 7.27. The fourth-order valence-electron chi connectivity index (χ4n) is 2.10. The smallest absolute Gasteiger partial charge is 0.256 e. The lowest BCUT2D eigenvalue weighted by atomic mass is 10.1. The van der Waals surface area contributed by atoms with Crippen LogP contribution in [-0.4, -0.2) is 5.91 Å². The van der Waals surface area contributed by atoms with Gasteiger partial charge in [-0.1, -0.05) is 25.1 Å². The minimum absolute atomic E-state index is 0.159. The molecule has 2 aromatic rings. The van der Waals surface area contributed by atoms with Crippen molar-refractivity contribution in [3.05, 3.63) is 57.6 Å². The molecule has 104 valence electrons. The van der Waals surface area contributed by atoms with Crippen molar-refractivity contribution in [2.24, 2.45) is 0 Å². The molecule has 0 aliphatic heterocycles. The van der Waals surface area contributed by atoms with E-state index in [0.717, 1.165) is 27.7 Å². The summed E-state index contributed by atoms with van der Waals surface area (Å²) in [5.74, 6) is -0.159. The maximum atomic E-state index is 12.4. The predicted molar refractivity (Wildman–Crippen MR) is 87.1 cm³/mol. The van der Waals surface area contributed by atoms with Crippen LogP contribution in [0.5, 0.6) is 0 Å². The van der Waals surface area contributed by atoms with Crippen LogP contribution in [0.15, 0.2) is 40.9 Å². The highest BCUT2D eigenvalue weighted by Crippen LogP contribution is 2.24. The normalized spacial score (nSPS) is 10.3. The first-order chi connectivity index (χ1) is 9.52. The number of hydrogen-bond donors (Lipinski definition) is 2. The maximum Gasteiger partial charge on any atom is 0.256 e. The molecule has 0 saturated carbocycles. The van der Waals surface area contributed by atoms with E-state index < -0.39 is 0 Å². The first-order valence-electron chi connectivity index (χ1n) is 6.47. The van der Waals surface area contributed by atoms with Gasteiger partial charge in [0.1, 0.15) is 0 Å². The van der Waals surface area contributed by atoms with Crippen LogP contribution >= 0.6 is 15.9 Å². The Balaban J connectivity index is 2.35. The number of carbonyl (C=O) groups excluding carboxylic acids is 1. The van der Waals surface area contributed by atoms with E-state index in [2.05, 4.69) is 28.2 Å². The molecule has 0 heterocycles. The van der Waals surface area contributed by atoms with E-state index in [9.17, 15) is 4.79 Å². The highest BCUT2D eigenvalue weighted by molar-refractivity contribution is 9.10. The summed E-state index contributed by atoms with van der Waals surface area (Å²) in [6.45, 7) is 4.06. The fourth-order valence-corrected chi connectivity index (χ4v) is 2.53. The number of anilines is 2. The summed E-state index contributed by atoms with van der Waals surface area (Å²) in [7, 11) is 0. The van der Waals surface area contributed by atoms with Gasteiger partial charge in [-0.05, 0) is 58.6 Å². The van der Waals surface area contributed by atoms with Gasteiger partial charge >= 0.3 is 0 Å². The molecule has 0 bridgehead atoms. The molecule has 0 unspecified atom stereocenters. The number of aryl methyl sites for hydroxylation is 2. The highest BCUT2D eigenvalue weighted by atomic mass is 79.9. The molecule has 0 aliphatic rings. The summed E-state index contributed by atoms with van der Waals surface area (Å²) in [5.41, 5.74) is 9.91. The molecule has 4 heteroatoms. The maximum absolute atomic E-state index is 12.4. The molecular weight excluding hydrogens is 316 g/mol. The second-order valence-corrected chi connectivity index (χ2v) is 5.51. The number of nitrogens with one attached hydrogen (secondary N) is 1. The van der Waals surface area contributed by atoms with Crippen molar-refractivity contribution < 1.29 is 4.79 Å². The lowest BCUT2D eigenvalue weighted by Gasteiger charge is -2.14. The average Bonchev–Trinajstić information content (AvgIpc) is 2.43. The van der Waals surface area contributed by atoms with Gasteiger partial charge in [0.05, 0.1) is 5.56 Å². The quantitative estimate of drug-likeness (QED) is 0.829. The Morgan fingerprint density at radius 3 is 2.75 bits per heavy atom. The van der Waals surface area contributed by atoms with Crippen molar-refractivity contribution in [2.45, 2.75) is 20.3 Å².